The number of methoxy groups -OCH3 is 1. The Bertz CT molecular complexity index is 984. The highest BCUT2D eigenvalue weighted by atomic mass is 19.4. The fourth-order valence-electron chi connectivity index (χ4n) is 4.87. The number of alkyl halides is 3. The van der Waals surface area contributed by atoms with Crippen molar-refractivity contribution >= 4 is 11.9 Å². The molecule has 3 heterocycles. The van der Waals surface area contributed by atoms with E-state index < -0.39 is 12.1 Å². The first-order valence-corrected chi connectivity index (χ1v) is 11.5. The topological polar surface area (TPSA) is 83.2 Å². The maximum Gasteiger partial charge on any atom is 0.490 e. The van der Waals surface area contributed by atoms with Gasteiger partial charge in [-0.15, -0.1) is 0 Å². The SMILES string of the molecule is COCCN1C(=O)C(c2ccccc2)CC12CCN(Cc1ccc(C)o1)CC2.O=C(O)C(F)(F)F. The van der Waals surface area contributed by atoms with Crippen LogP contribution in [0.5, 0.6) is 0 Å². The summed E-state index contributed by atoms with van der Waals surface area (Å²) >= 11 is 0. The van der Waals surface area contributed by atoms with Crippen LogP contribution in [0, 0.1) is 6.92 Å². The zero-order valence-electron chi connectivity index (χ0n) is 19.9. The second-order valence-corrected chi connectivity index (χ2v) is 8.97. The molecule has 7 nitrogen and oxygen atoms in total. The maximum atomic E-state index is 13.3. The first-order valence-electron chi connectivity index (χ1n) is 11.5. The zero-order valence-corrected chi connectivity index (χ0v) is 19.9. The highest BCUT2D eigenvalue weighted by Gasteiger charge is 2.51. The predicted octanol–water partition coefficient (Wildman–Crippen LogP) is 4.22. The van der Waals surface area contributed by atoms with Gasteiger partial charge in [0.05, 0.1) is 19.1 Å². The molecule has 2 aromatic rings. The molecule has 192 valence electrons. The van der Waals surface area contributed by atoms with Crippen molar-refractivity contribution in [2.24, 2.45) is 0 Å². The number of carboxylic acids is 1. The molecule has 2 fully saturated rings. The summed E-state index contributed by atoms with van der Waals surface area (Å²) < 4.78 is 42.8. The van der Waals surface area contributed by atoms with Gasteiger partial charge in [0.1, 0.15) is 11.5 Å². The zero-order chi connectivity index (χ0) is 25.6. The third kappa shape index (κ3) is 6.64. The highest BCUT2D eigenvalue weighted by Crippen LogP contribution is 2.45. The van der Waals surface area contributed by atoms with E-state index in [1.807, 2.05) is 31.2 Å². The first-order chi connectivity index (χ1) is 16.6. The number of halogens is 3. The van der Waals surface area contributed by atoms with Crippen molar-refractivity contribution in [2.75, 3.05) is 33.4 Å². The number of aliphatic carboxylic acids is 1. The maximum absolute atomic E-state index is 13.3. The Hall–Kier alpha value is -2.85. The smallest absolute Gasteiger partial charge is 0.475 e. The minimum atomic E-state index is -5.08. The number of furan rings is 1. The van der Waals surface area contributed by atoms with Crippen molar-refractivity contribution in [2.45, 2.75) is 50.4 Å². The molecule has 0 aliphatic carbocycles. The molecule has 10 heteroatoms. The molecule has 2 aliphatic heterocycles. The van der Waals surface area contributed by atoms with Crippen LogP contribution < -0.4 is 0 Å². The molecule has 0 bridgehead atoms. The summed E-state index contributed by atoms with van der Waals surface area (Å²) in [6.45, 7) is 6.06. The van der Waals surface area contributed by atoms with E-state index in [0.29, 0.717) is 13.2 Å². The molecule has 0 radical (unpaired) electrons. The number of hydrogen-bond donors (Lipinski definition) is 1. The lowest BCUT2D eigenvalue weighted by Crippen LogP contribution is -2.53. The van der Waals surface area contributed by atoms with Crippen LogP contribution in [0.15, 0.2) is 46.9 Å². The van der Waals surface area contributed by atoms with Crippen LogP contribution in [-0.4, -0.2) is 71.8 Å². The lowest BCUT2D eigenvalue weighted by Gasteiger charge is -2.44. The lowest BCUT2D eigenvalue weighted by molar-refractivity contribution is -0.192. The monoisotopic (exact) mass is 496 g/mol. The molecule has 1 aromatic carbocycles. The number of benzene rings is 1. The average molecular weight is 497 g/mol. The van der Waals surface area contributed by atoms with Gasteiger partial charge < -0.3 is 19.2 Å². The molecule has 0 saturated carbocycles. The molecule has 1 unspecified atom stereocenters. The minimum absolute atomic E-state index is 0.0303. The number of piperidine rings is 1. The van der Waals surface area contributed by atoms with E-state index in [1.165, 1.54) is 0 Å². The number of nitrogens with zero attached hydrogens (tertiary/aromatic N) is 2. The van der Waals surface area contributed by atoms with E-state index in [9.17, 15) is 18.0 Å². The van der Waals surface area contributed by atoms with Gasteiger partial charge in [0.25, 0.3) is 0 Å². The largest absolute Gasteiger partial charge is 0.490 e. The van der Waals surface area contributed by atoms with Crippen LogP contribution in [0.4, 0.5) is 13.2 Å². The predicted molar refractivity (Wildman–Crippen MR) is 122 cm³/mol. The summed E-state index contributed by atoms with van der Waals surface area (Å²) in [6, 6.07) is 14.3. The Labute approximate surface area is 202 Å². The second kappa shape index (κ2) is 11.3. The number of ether oxygens (including phenoxy) is 1. The summed E-state index contributed by atoms with van der Waals surface area (Å²) in [5.74, 6) is -0.543. The highest BCUT2D eigenvalue weighted by molar-refractivity contribution is 5.87. The Kier molecular flexibility index (Phi) is 8.60. The molecule has 1 amide bonds. The van der Waals surface area contributed by atoms with E-state index in [2.05, 4.69) is 28.0 Å². The normalized spacial score (nSPS) is 20.1. The van der Waals surface area contributed by atoms with Crippen LogP contribution >= 0.6 is 0 Å². The van der Waals surface area contributed by atoms with Gasteiger partial charge >= 0.3 is 12.1 Å². The number of carboxylic acid groups (broad SMARTS) is 1. The molecule has 2 aliphatic rings. The van der Waals surface area contributed by atoms with Crippen molar-refractivity contribution in [3.63, 3.8) is 0 Å². The van der Waals surface area contributed by atoms with Crippen LogP contribution in [0.1, 0.15) is 42.3 Å². The summed E-state index contributed by atoms with van der Waals surface area (Å²) in [4.78, 5) is 26.8. The molecule has 1 aromatic heterocycles. The Morgan fingerprint density at radius 2 is 1.80 bits per heavy atom. The van der Waals surface area contributed by atoms with Crippen molar-refractivity contribution in [3.8, 4) is 0 Å². The van der Waals surface area contributed by atoms with Crippen molar-refractivity contribution in [1.29, 1.82) is 0 Å². The van der Waals surface area contributed by atoms with E-state index in [0.717, 1.165) is 56.0 Å². The van der Waals surface area contributed by atoms with Gasteiger partial charge in [-0.1, -0.05) is 30.3 Å². The minimum Gasteiger partial charge on any atom is -0.475 e. The van der Waals surface area contributed by atoms with Gasteiger partial charge in [0.2, 0.25) is 5.91 Å². The molecule has 1 N–H and O–H groups in total. The van der Waals surface area contributed by atoms with E-state index in [4.69, 9.17) is 19.1 Å². The summed E-state index contributed by atoms with van der Waals surface area (Å²) in [6.07, 6.45) is -2.16. The summed E-state index contributed by atoms with van der Waals surface area (Å²) in [5.41, 5.74) is 1.09. The Balaban J connectivity index is 0.000000429. The van der Waals surface area contributed by atoms with Gasteiger partial charge in [0.15, 0.2) is 0 Å². The fourth-order valence-corrected chi connectivity index (χ4v) is 4.87. The van der Waals surface area contributed by atoms with E-state index >= 15 is 0 Å². The Morgan fingerprint density at radius 3 is 2.31 bits per heavy atom. The molecule has 2 saturated heterocycles. The second-order valence-electron chi connectivity index (χ2n) is 8.97. The molecular weight excluding hydrogens is 465 g/mol. The molecule has 35 heavy (non-hydrogen) atoms. The van der Waals surface area contributed by atoms with Crippen molar-refractivity contribution in [1.82, 2.24) is 9.80 Å². The van der Waals surface area contributed by atoms with Crippen LogP contribution in [0.2, 0.25) is 0 Å². The fraction of sp³-hybridized carbons (Fsp3) is 0.520. The van der Waals surface area contributed by atoms with Gasteiger partial charge in [-0.25, -0.2) is 4.79 Å². The van der Waals surface area contributed by atoms with Crippen LogP contribution in [-0.2, 0) is 20.9 Å². The average Bonchev–Trinajstić information content (AvgIpc) is 3.35. The van der Waals surface area contributed by atoms with Crippen molar-refractivity contribution < 1.29 is 37.0 Å². The van der Waals surface area contributed by atoms with Gasteiger partial charge in [0, 0.05) is 32.3 Å². The standard InChI is InChI=1S/C23H30N2O3.C2HF3O2/c1-18-8-9-20(28-18)17-24-12-10-23(11-13-24)16-21(19-6-4-3-5-7-19)22(26)25(23)14-15-27-2;3-2(4,5)1(6)7/h3-9,21H,10-17H2,1-2H3;(H,6,7). The quantitative estimate of drug-likeness (QED) is 0.645. The number of carbonyl (C=O) groups is 2. The first kappa shape index (κ1) is 26.7. The molecule has 1 atom stereocenters. The number of aryl methyl sites for hydroxylation is 1. The number of likely N-dealkylation sites (tertiary alicyclic amines) is 2. The summed E-state index contributed by atoms with van der Waals surface area (Å²) in [5, 5.41) is 7.12. The number of rotatable bonds is 6. The number of amides is 1. The van der Waals surface area contributed by atoms with Gasteiger partial charge in [-0.05, 0) is 43.9 Å². The number of hydrogen-bond acceptors (Lipinski definition) is 5. The third-order valence-electron chi connectivity index (χ3n) is 6.65. The molecule has 1 spiro atoms. The number of carbonyl (C=O) groups excluding carboxylic acids is 1. The molecule has 4 rings (SSSR count). The lowest BCUT2D eigenvalue weighted by atomic mass is 9.81. The van der Waals surface area contributed by atoms with Crippen LogP contribution in [0.25, 0.3) is 0 Å². The van der Waals surface area contributed by atoms with Crippen LogP contribution in [0.3, 0.4) is 0 Å². The summed E-state index contributed by atoms with van der Waals surface area (Å²) in [7, 11) is 1.70. The van der Waals surface area contributed by atoms with E-state index in [1.54, 1.807) is 7.11 Å². The van der Waals surface area contributed by atoms with Gasteiger partial charge in [-0.2, -0.15) is 13.2 Å². The van der Waals surface area contributed by atoms with Gasteiger partial charge in [-0.3, -0.25) is 9.69 Å². The molecular formula is C25H31F3N2O5. The van der Waals surface area contributed by atoms with E-state index in [-0.39, 0.29) is 17.4 Å². The Morgan fingerprint density at radius 1 is 1.17 bits per heavy atom. The van der Waals surface area contributed by atoms with Crippen molar-refractivity contribution in [3.05, 3.63) is 59.5 Å². The third-order valence-corrected chi connectivity index (χ3v) is 6.65.